The van der Waals surface area contributed by atoms with E-state index in [1.807, 2.05) is 11.9 Å². The number of amides is 1. The molecule has 0 bridgehead atoms. The lowest BCUT2D eigenvalue weighted by Gasteiger charge is -2.31. The van der Waals surface area contributed by atoms with Gasteiger partial charge in [-0.15, -0.1) is 0 Å². The molecular weight excluding hydrogens is 250 g/mol. The molecule has 1 aromatic rings. The molecule has 20 heavy (non-hydrogen) atoms. The molecule has 1 fully saturated rings. The number of benzene rings is 1. The number of hydrogen-bond donors (Lipinski definition) is 1. The standard InChI is InChI=1S/C16H25N3O/c1-13-4-6-15(7-5-13)14(2)18(3)12-16(20)19-10-8-17-9-11-19/h4-7,14,17H,8-12H2,1-3H3. The summed E-state index contributed by atoms with van der Waals surface area (Å²) in [7, 11) is 2.02. The van der Waals surface area contributed by atoms with Gasteiger partial charge in [0.15, 0.2) is 0 Å². The maximum absolute atomic E-state index is 12.3. The van der Waals surface area contributed by atoms with Crippen LogP contribution in [0.25, 0.3) is 0 Å². The molecule has 1 unspecified atom stereocenters. The fraction of sp³-hybridized carbons (Fsp3) is 0.562. The fourth-order valence-corrected chi connectivity index (χ4v) is 2.46. The van der Waals surface area contributed by atoms with Crippen LogP contribution in [0, 0.1) is 6.92 Å². The number of likely N-dealkylation sites (N-methyl/N-ethyl adjacent to an activating group) is 1. The molecule has 1 saturated heterocycles. The molecule has 0 aliphatic carbocycles. The highest BCUT2D eigenvalue weighted by molar-refractivity contribution is 5.78. The number of nitrogens with one attached hydrogen (secondary N) is 1. The van der Waals surface area contributed by atoms with Crippen molar-refractivity contribution < 1.29 is 4.79 Å². The Bertz CT molecular complexity index is 438. The summed E-state index contributed by atoms with van der Waals surface area (Å²) in [5, 5.41) is 3.27. The lowest BCUT2D eigenvalue weighted by molar-refractivity contribution is -0.133. The molecule has 1 aliphatic rings. The highest BCUT2D eigenvalue weighted by Gasteiger charge is 2.20. The monoisotopic (exact) mass is 275 g/mol. The molecule has 1 N–H and O–H groups in total. The summed E-state index contributed by atoms with van der Waals surface area (Å²) in [6, 6.07) is 8.79. The predicted molar refractivity (Wildman–Crippen MR) is 81.7 cm³/mol. The van der Waals surface area contributed by atoms with Crippen molar-refractivity contribution >= 4 is 5.91 Å². The van der Waals surface area contributed by atoms with Crippen molar-refractivity contribution in [1.29, 1.82) is 0 Å². The number of piperazine rings is 1. The molecule has 1 amide bonds. The number of rotatable bonds is 4. The Balaban J connectivity index is 1.91. The fourth-order valence-electron chi connectivity index (χ4n) is 2.46. The summed E-state index contributed by atoms with van der Waals surface area (Å²) >= 11 is 0. The first-order valence-electron chi connectivity index (χ1n) is 7.33. The lowest BCUT2D eigenvalue weighted by Crippen LogP contribution is -2.49. The van der Waals surface area contributed by atoms with Crippen LogP contribution in [0.2, 0.25) is 0 Å². The van der Waals surface area contributed by atoms with E-state index in [2.05, 4.69) is 48.3 Å². The molecule has 1 aromatic carbocycles. The average Bonchev–Trinajstić information content (AvgIpc) is 2.48. The third kappa shape index (κ3) is 3.81. The third-order valence-electron chi connectivity index (χ3n) is 4.08. The molecule has 0 radical (unpaired) electrons. The van der Waals surface area contributed by atoms with Crippen LogP contribution in [0.15, 0.2) is 24.3 Å². The zero-order valence-corrected chi connectivity index (χ0v) is 12.7. The maximum atomic E-state index is 12.3. The van der Waals surface area contributed by atoms with Crippen molar-refractivity contribution in [3.8, 4) is 0 Å². The molecule has 1 heterocycles. The minimum Gasteiger partial charge on any atom is -0.339 e. The second kappa shape index (κ2) is 6.86. The highest BCUT2D eigenvalue weighted by atomic mass is 16.2. The van der Waals surface area contributed by atoms with Gasteiger partial charge < -0.3 is 10.2 Å². The molecule has 0 spiro atoms. The van der Waals surface area contributed by atoms with E-state index in [9.17, 15) is 4.79 Å². The summed E-state index contributed by atoms with van der Waals surface area (Å²) in [6.45, 7) is 8.18. The van der Waals surface area contributed by atoms with Crippen LogP contribution < -0.4 is 5.32 Å². The second-order valence-electron chi connectivity index (χ2n) is 5.63. The minimum absolute atomic E-state index is 0.230. The second-order valence-corrected chi connectivity index (χ2v) is 5.63. The van der Waals surface area contributed by atoms with Crippen LogP contribution in [0.3, 0.4) is 0 Å². The zero-order valence-electron chi connectivity index (χ0n) is 12.7. The van der Waals surface area contributed by atoms with Crippen molar-refractivity contribution in [2.24, 2.45) is 0 Å². The van der Waals surface area contributed by atoms with Gasteiger partial charge in [-0.1, -0.05) is 29.8 Å². The van der Waals surface area contributed by atoms with E-state index in [-0.39, 0.29) is 11.9 Å². The predicted octanol–water partition coefficient (Wildman–Crippen LogP) is 1.42. The van der Waals surface area contributed by atoms with Crippen molar-refractivity contribution in [3.05, 3.63) is 35.4 Å². The normalized spacial score (nSPS) is 17.3. The van der Waals surface area contributed by atoms with Crippen LogP contribution in [0.1, 0.15) is 24.1 Å². The minimum atomic E-state index is 0.230. The Morgan fingerprint density at radius 1 is 1.30 bits per heavy atom. The first kappa shape index (κ1) is 15.0. The molecule has 1 aliphatic heterocycles. The van der Waals surface area contributed by atoms with Gasteiger partial charge in [-0.3, -0.25) is 9.69 Å². The molecule has 0 saturated carbocycles. The molecular formula is C16H25N3O. The van der Waals surface area contributed by atoms with E-state index in [0.29, 0.717) is 6.54 Å². The molecule has 2 rings (SSSR count). The summed E-state index contributed by atoms with van der Waals surface area (Å²) in [5.74, 6) is 0.230. The molecule has 110 valence electrons. The number of carbonyl (C=O) groups excluding carboxylic acids is 1. The van der Waals surface area contributed by atoms with Crippen LogP contribution in [0.4, 0.5) is 0 Å². The third-order valence-corrected chi connectivity index (χ3v) is 4.08. The largest absolute Gasteiger partial charge is 0.339 e. The van der Waals surface area contributed by atoms with Crippen LogP contribution in [0.5, 0.6) is 0 Å². The van der Waals surface area contributed by atoms with E-state index in [0.717, 1.165) is 26.2 Å². The molecule has 4 heteroatoms. The van der Waals surface area contributed by atoms with Gasteiger partial charge in [0.1, 0.15) is 0 Å². The Morgan fingerprint density at radius 3 is 2.50 bits per heavy atom. The lowest BCUT2D eigenvalue weighted by atomic mass is 10.1. The van der Waals surface area contributed by atoms with Gasteiger partial charge in [0, 0.05) is 32.2 Å². The molecule has 1 atom stereocenters. The van der Waals surface area contributed by atoms with E-state index in [1.165, 1.54) is 11.1 Å². The number of aryl methyl sites for hydroxylation is 1. The molecule has 4 nitrogen and oxygen atoms in total. The SMILES string of the molecule is Cc1ccc(C(C)N(C)CC(=O)N2CCNCC2)cc1. The van der Waals surface area contributed by atoms with E-state index in [1.54, 1.807) is 0 Å². The topological polar surface area (TPSA) is 35.6 Å². The summed E-state index contributed by atoms with van der Waals surface area (Å²) in [6.07, 6.45) is 0. The summed E-state index contributed by atoms with van der Waals surface area (Å²) in [4.78, 5) is 16.3. The van der Waals surface area contributed by atoms with Gasteiger partial charge in [-0.05, 0) is 26.5 Å². The van der Waals surface area contributed by atoms with Crippen LogP contribution in [-0.2, 0) is 4.79 Å². The maximum Gasteiger partial charge on any atom is 0.236 e. The average molecular weight is 275 g/mol. The van der Waals surface area contributed by atoms with Gasteiger partial charge in [-0.2, -0.15) is 0 Å². The van der Waals surface area contributed by atoms with Gasteiger partial charge in [0.05, 0.1) is 6.54 Å². The van der Waals surface area contributed by atoms with Gasteiger partial charge in [-0.25, -0.2) is 0 Å². The van der Waals surface area contributed by atoms with Gasteiger partial charge in [0.25, 0.3) is 0 Å². The van der Waals surface area contributed by atoms with Gasteiger partial charge >= 0.3 is 0 Å². The Labute approximate surface area is 121 Å². The number of nitrogens with zero attached hydrogens (tertiary/aromatic N) is 2. The Kier molecular flexibility index (Phi) is 5.15. The van der Waals surface area contributed by atoms with E-state index >= 15 is 0 Å². The number of carbonyl (C=O) groups is 1. The Hall–Kier alpha value is -1.39. The smallest absolute Gasteiger partial charge is 0.236 e. The first-order valence-corrected chi connectivity index (χ1v) is 7.33. The van der Waals surface area contributed by atoms with Gasteiger partial charge in [0.2, 0.25) is 5.91 Å². The molecule has 0 aromatic heterocycles. The summed E-state index contributed by atoms with van der Waals surface area (Å²) < 4.78 is 0. The number of hydrogen-bond acceptors (Lipinski definition) is 3. The van der Waals surface area contributed by atoms with Crippen molar-refractivity contribution in [2.45, 2.75) is 19.9 Å². The Morgan fingerprint density at radius 2 is 1.90 bits per heavy atom. The van der Waals surface area contributed by atoms with Crippen molar-refractivity contribution in [1.82, 2.24) is 15.1 Å². The van der Waals surface area contributed by atoms with Crippen molar-refractivity contribution in [3.63, 3.8) is 0 Å². The van der Waals surface area contributed by atoms with Crippen LogP contribution >= 0.6 is 0 Å². The summed E-state index contributed by atoms with van der Waals surface area (Å²) in [5.41, 5.74) is 2.52. The van der Waals surface area contributed by atoms with E-state index < -0.39 is 0 Å². The van der Waals surface area contributed by atoms with E-state index in [4.69, 9.17) is 0 Å². The van der Waals surface area contributed by atoms with Crippen molar-refractivity contribution in [2.75, 3.05) is 39.8 Å². The quantitative estimate of drug-likeness (QED) is 0.903. The van der Waals surface area contributed by atoms with Crippen LogP contribution in [-0.4, -0.2) is 55.5 Å². The zero-order chi connectivity index (χ0) is 14.5. The highest BCUT2D eigenvalue weighted by Crippen LogP contribution is 2.19. The first-order chi connectivity index (χ1) is 9.58.